The fraction of sp³-hybridized carbons (Fsp3) is 0.600. The molecule has 0 aromatic rings. The molecule has 0 aromatic heterocycles. The molecule has 0 aliphatic carbocycles. The molecular formula is C15H24N3O+. The fourth-order valence-electron chi connectivity index (χ4n) is 2.82. The van der Waals surface area contributed by atoms with Gasteiger partial charge in [-0.3, -0.25) is 4.79 Å². The molecule has 104 valence electrons. The third kappa shape index (κ3) is 2.63. The van der Waals surface area contributed by atoms with Crippen molar-refractivity contribution in [2.45, 2.75) is 52.6 Å². The number of nitrogens with one attached hydrogen (secondary N) is 1. The lowest BCUT2D eigenvalue weighted by Crippen LogP contribution is -2.52. The third-order valence-electron chi connectivity index (χ3n) is 3.97. The Bertz CT molecular complexity index is 472. The van der Waals surface area contributed by atoms with Crippen LogP contribution in [0.4, 0.5) is 0 Å². The minimum Gasteiger partial charge on any atom is -0.347 e. The molecule has 0 spiro atoms. The van der Waals surface area contributed by atoms with E-state index in [2.05, 4.69) is 51.2 Å². The van der Waals surface area contributed by atoms with Gasteiger partial charge in [0, 0.05) is 11.6 Å². The summed E-state index contributed by atoms with van der Waals surface area (Å²) in [7, 11) is 0. The number of rotatable bonds is 3. The lowest BCUT2D eigenvalue weighted by molar-refractivity contribution is -0.899. The molecule has 2 rings (SSSR count). The van der Waals surface area contributed by atoms with Gasteiger partial charge in [0.05, 0.1) is 11.8 Å². The van der Waals surface area contributed by atoms with Gasteiger partial charge in [0.2, 0.25) is 0 Å². The van der Waals surface area contributed by atoms with Crippen LogP contribution in [0.5, 0.6) is 0 Å². The monoisotopic (exact) mass is 262 g/mol. The largest absolute Gasteiger partial charge is 0.347 e. The van der Waals surface area contributed by atoms with E-state index < -0.39 is 0 Å². The van der Waals surface area contributed by atoms with Crippen molar-refractivity contribution in [2.24, 2.45) is 5.10 Å². The third-order valence-corrected chi connectivity index (χ3v) is 3.97. The lowest BCUT2D eigenvalue weighted by Gasteiger charge is -2.36. The normalized spacial score (nSPS) is 29.3. The average Bonchev–Trinajstić information content (AvgIpc) is 2.72. The van der Waals surface area contributed by atoms with Crippen LogP contribution in [0.2, 0.25) is 0 Å². The number of hydrogen-bond acceptors (Lipinski definition) is 2. The van der Waals surface area contributed by atoms with Gasteiger partial charge in [0.25, 0.3) is 5.91 Å². The first-order chi connectivity index (χ1) is 8.76. The quantitative estimate of drug-likeness (QED) is 0.779. The molecule has 0 aromatic carbocycles. The zero-order chi connectivity index (χ0) is 14.3. The Balaban J connectivity index is 2.30. The van der Waals surface area contributed by atoms with Crippen molar-refractivity contribution >= 4 is 12.1 Å². The highest BCUT2D eigenvalue weighted by molar-refractivity contribution is 5.96. The van der Waals surface area contributed by atoms with E-state index >= 15 is 0 Å². The molecule has 0 fully saturated rings. The second kappa shape index (κ2) is 4.60. The molecule has 0 bridgehead atoms. The molecule has 4 heteroatoms. The van der Waals surface area contributed by atoms with Crippen molar-refractivity contribution < 1.29 is 9.39 Å². The van der Waals surface area contributed by atoms with Crippen molar-refractivity contribution in [3.63, 3.8) is 0 Å². The van der Waals surface area contributed by atoms with Crippen molar-refractivity contribution in [3.05, 3.63) is 23.4 Å². The summed E-state index contributed by atoms with van der Waals surface area (Å²) in [5.74, 6) is 0.0578. The van der Waals surface area contributed by atoms with Gasteiger partial charge in [-0.2, -0.15) is 4.59 Å². The summed E-state index contributed by atoms with van der Waals surface area (Å²) < 4.78 is 0.487. The molecule has 19 heavy (non-hydrogen) atoms. The first-order valence-electron chi connectivity index (χ1n) is 6.88. The molecule has 0 saturated heterocycles. The van der Waals surface area contributed by atoms with Gasteiger partial charge in [0.15, 0.2) is 0 Å². The van der Waals surface area contributed by atoms with E-state index in [1.807, 2.05) is 12.3 Å². The van der Waals surface area contributed by atoms with Crippen molar-refractivity contribution in [1.29, 1.82) is 0 Å². The van der Waals surface area contributed by atoms with Crippen molar-refractivity contribution in [3.8, 4) is 0 Å². The van der Waals surface area contributed by atoms with Gasteiger partial charge in [-0.05, 0) is 41.0 Å². The smallest absolute Gasteiger partial charge is 0.253 e. The van der Waals surface area contributed by atoms with Gasteiger partial charge in [-0.1, -0.05) is 10.7 Å². The number of carbonyl (C=O) groups is 1. The van der Waals surface area contributed by atoms with E-state index in [0.717, 1.165) is 12.0 Å². The highest BCUT2D eigenvalue weighted by Gasteiger charge is 2.38. The molecule has 4 nitrogen and oxygen atoms in total. The zero-order valence-electron chi connectivity index (χ0n) is 12.5. The Morgan fingerprint density at radius 3 is 2.63 bits per heavy atom. The van der Waals surface area contributed by atoms with E-state index in [4.69, 9.17) is 0 Å². The fourth-order valence-corrected chi connectivity index (χ4v) is 2.82. The molecule has 2 heterocycles. The molecule has 2 aliphatic rings. The number of quaternary nitrogens is 1. The summed E-state index contributed by atoms with van der Waals surface area (Å²) in [6.07, 6.45) is 6.75. The van der Waals surface area contributed by atoms with Crippen LogP contribution in [-0.4, -0.2) is 34.8 Å². The van der Waals surface area contributed by atoms with Crippen LogP contribution in [-0.2, 0) is 4.79 Å². The first kappa shape index (κ1) is 14.0. The van der Waals surface area contributed by atoms with Crippen LogP contribution in [0.1, 0.15) is 41.0 Å². The van der Waals surface area contributed by atoms with Gasteiger partial charge >= 0.3 is 0 Å². The summed E-state index contributed by atoms with van der Waals surface area (Å²) >= 11 is 0. The summed E-state index contributed by atoms with van der Waals surface area (Å²) in [5.41, 5.74) is 1.93. The van der Waals surface area contributed by atoms with Crippen LogP contribution in [0.25, 0.3) is 0 Å². The summed E-state index contributed by atoms with van der Waals surface area (Å²) in [6.45, 7) is 11.1. The van der Waals surface area contributed by atoms with E-state index in [-0.39, 0.29) is 11.4 Å². The minimum absolute atomic E-state index is 0.0578. The number of allylic oxidation sites excluding steroid dienone is 1. The summed E-state index contributed by atoms with van der Waals surface area (Å²) in [6, 6.07) is 0.318. The topological polar surface area (TPSA) is 41.5 Å². The minimum atomic E-state index is -0.141. The highest BCUT2D eigenvalue weighted by Crippen LogP contribution is 2.29. The van der Waals surface area contributed by atoms with Gasteiger partial charge < -0.3 is 5.32 Å². The second-order valence-corrected chi connectivity index (χ2v) is 6.52. The average molecular weight is 262 g/mol. The number of carbonyl (C=O) groups excluding carboxylic acids is 1. The van der Waals surface area contributed by atoms with Crippen molar-refractivity contribution in [2.75, 3.05) is 6.54 Å². The second-order valence-electron chi connectivity index (χ2n) is 6.52. The standard InChI is InChI=1S/C15H23N3O/c1-11(2)18(8-6-7-16-18)10-13-12(3)9-15(4,5)17-14(13)19/h6-8,11H,9-10H2,1-5H3/p+1. The number of nitrogens with zero attached hydrogens (tertiary/aromatic N) is 2. The maximum atomic E-state index is 12.3. The van der Waals surface area contributed by atoms with Crippen LogP contribution < -0.4 is 5.32 Å². The number of amides is 1. The Kier molecular flexibility index (Phi) is 3.39. The molecule has 1 atom stereocenters. The molecule has 1 N–H and O–H groups in total. The Labute approximate surface area is 115 Å². The molecule has 2 aliphatic heterocycles. The Morgan fingerprint density at radius 2 is 2.16 bits per heavy atom. The van der Waals surface area contributed by atoms with Crippen LogP contribution >= 0.6 is 0 Å². The first-order valence-corrected chi connectivity index (χ1v) is 6.88. The van der Waals surface area contributed by atoms with Crippen molar-refractivity contribution in [1.82, 2.24) is 5.32 Å². The van der Waals surface area contributed by atoms with E-state index in [1.54, 1.807) is 0 Å². The molecular weight excluding hydrogens is 238 g/mol. The maximum Gasteiger partial charge on any atom is 0.253 e. The van der Waals surface area contributed by atoms with Crippen LogP contribution in [0, 0.1) is 0 Å². The molecule has 1 unspecified atom stereocenters. The zero-order valence-corrected chi connectivity index (χ0v) is 12.5. The lowest BCUT2D eigenvalue weighted by atomic mass is 9.87. The maximum absolute atomic E-state index is 12.3. The van der Waals surface area contributed by atoms with E-state index in [1.165, 1.54) is 5.57 Å². The van der Waals surface area contributed by atoms with E-state index in [0.29, 0.717) is 17.2 Å². The predicted octanol–water partition coefficient (Wildman–Crippen LogP) is 2.34. The van der Waals surface area contributed by atoms with Gasteiger partial charge in [-0.25, -0.2) is 0 Å². The SMILES string of the molecule is CC1=C(C[N+]2(C(C)C)C=CC=N2)C(=O)NC(C)(C)C1. The molecule has 0 radical (unpaired) electrons. The predicted molar refractivity (Wildman–Crippen MR) is 77.4 cm³/mol. The van der Waals surface area contributed by atoms with Gasteiger partial charge in [-0.15, -0.1) is 0 Å². The summed E-state index contributed by atoms with van der Waals surface area (Å²) in [4.78, 5) is 12.3. The van der Waals surface area contributed by atoms with Crippen LogP contribution in [0.3, 0.4) is 0 Å². The highest BCUT2D eigenvalue weighted by atomic mass is 16.2. The molecule has 1 amide bonds. The summed E-state index contributed by atoms with van der Waals surface area (Å²) in [5, 5.41) is 7.64. The Morgan fingerprint density at radius 1 is 1.47 bits per heavy atom. The van der Waals surface area contributed by atoms with Crippen LogP contribution in [0.15, 0.2) is 28.5 Å². The van der Waals surface area contributed by atoms with E-state index in [9.17, 15) is 4.79 Å². The van der Waals surface area contributed by atoms with Gasteiger partial charge in [0.1, 0.15) is 18.8 Å². The molecule has 0 saturated carbocycles. The number of hydrogen-bond donors (Lipinski definition) is 1. The Hall–Kier alpha value is -1.42.